The Morgan fingerprint density at radius 1 is 1.09 bits per heavy atom. The van der Waals surface area contributed by atoms with Crippen LogP contribution in [-0.2, 0) is 11.2 Å². The van der Waals surface area contributed by atoms with Crippen molar-refractivity contribution in [1.29, 1.82) is 0 Å². The smallest absolute Gasteiger partial charge is 0.161 e. The molecule has 0 saturated carbocycles. The van der Waals surface area contributed by atoms with Crippen LogP contribution in [-0.4, -0.2) is 57.3 Å². The Morgan fingerprint density at radius 2 is 1.96 bits per heavy atom. The first kappa shape index (κ1) is 33.6. The van der Waals surface area contributed by atoms with Crippen molar-refractivity contribution in [3.8, 4) is 23.3 Å². The molecule has 1 aromatic carbocycles. The molecule has 2 aliphatic carbocycles. The van der Waals surface area contributed by atoms with Gasteiger partial charge >= 0.3 is 0 Å². The van der Waals surface area contributed by atoms with Crippen LogP contribution in [0.15, 0.2) is 67.0 Å². The number of nitrogens with two attached hydrogens (primary N) is 1. The van der Waals surface area contributed by atoms with Gasteiger partial charge < -0.3 is 35.5 Å². The molecule has 0 fully saturated rings. The molecule has 8 heteroatoms. The summed E-state index contributed by atoms with van der Waals surface area (Å²) in [4.78, 5) is 7.44. The molecule has 0 unspecified atom stereocenters. The molecule has 0 bridgehead atoms. The van der Waals surface area contributed by atoms with Crippen LogP contribution in [0.2, 0.25) is 0 Å². The first-order valence-electron chi connectivity index (χ1n) is 16.8. The fourth-order valence-electron chi connectivity index (χ4n) is 6.96. The Kier molecular flexibility index (Phi) is 12.2. The van der Waals surface area contributed by atoms with Gasteiger partial charge in [-0.15, -0.1) is 0 Å². The second-order valence-electron chi connectivity index (χ2n) is 12.7. The summed E-state index contributed by atoms with van der Waals surface area (Å²) in [5.74, 6) is 8.09. The average molecular weight is 628 g/mol. The Hall–Kier alpha value is -3.77. The van der Waals surface area contributed by atoms with Gasteiger partial charge in [-0.3, -0.25) is 0 Å². The van der Waals surface area contributed by atoms with Crippen LogP contribution >= 0.6 is 0 Å². The molecule has 46 heavy (non-hydrogen) atoms. The molecule has 0 spiro atoms. The summed E-state index contributed by atoms with van der Waals surface area (Å²) in [6.45, 7) is 2.78. The van der Waals surface area contributed by atoms with Crippen molar-refractivity contribution in [2.75, 3.05) is 25.6 Å². The highest BCUT2D eigenvalue weighted by Crippen LogP contribution is 2.39. The molecule has 6 N–H and O–H groups in total. The topological polar surface area (TPSA) is 134 Å². The number of aromatic amines is 1. The van der Waals surface area contributed by atoms with Crippen molar-refractivity contribution >= 4 is 5.82 Å². The maximum atomic E-state index is 11.7. The van der Waals surface area contributed by atoms with E-state index in [0.29, 0.717) is 36.9 Å². The van der Waals surface area contributed by atoms with Crippen LogP contribution in [0.4, 0.5) is 5.82 Å². The number of aliphatic hydroxyl groups is 2. The Labute approximate surface area is 273 Å². The fourth-order valence-corrected chi connectivity index (χ4v) is 6.96. The van der Waals surface area contributed by atoms with Gasteiger partial charge in [-0.2, -0.15) is 0 Å². The number of aliphatic hydroxyl groups excluding tert-OH is 2. The van der Waals surface area contributed by atoms with Gasteiger partial charge in [-0.25, -0.2) is 4.98 Å². The summed E-state index contributed by atoms with van der Waals surface area (Å²) in [6.07, 6.45) is 14.1. The molecule has 0 radical (unpaired) electrons. The van der Waals surface area contributed by atoms with E-state index in [0.717, 1.165) is 55.3 Å². The number of aromatic nitrogens is 2. The highest BCUT2D eigenvalue weighted by Gasteiger charge is 2.37. The van der Waals surface area contributed by atoms with Gasteiger partial charge in [0.1, 0.15) is 5.82 Å². The number of benzene rings is 1. The number of nitrogen functional groups attached to an aromatic ring is 1. The number of hydrogen-bond donors (Lipinski definition) is 5. The molecule has 0 amide bonds. The zero-order valence-electron chi connectivity index (χ0n) is 26.9. The molecule has 246 valence electrons. The number of ether oxygens (including phenoxy) is 2. The maximum Gasteiger partial charge on any atom is 0.161 e. The van der Waals surface area contributed by atoms with Gasteiger partial charge in [0.2, 0.25) is 0 Å². The Morgan fingerprint density at radius 3 is 2.74 bits per heavy atom. The molecule has 2 heterocycles. The van der Waals surface area contributed by atoms with Gasteiger partial charge in [0.05, 0.1) is 32.0 Å². The number of nitrogens with one attached hydrogen (secondary N) is 1. The lowest BCUT2D eigenvalue weighted by Crippen LogP contribution is -2.39. The highest BCUT2D eigenvalue weighted by molar-refractivity contribution is 5.44. The average Bonchev–Trinajstić information content (AvgIpc) is 3.52. The lowest BCUT2D eigenvalue weighted by molar-refractivity contribution is -0.0602. The van der Waals surface area contributed by atoms with Gasteiger partial charge in [-0.1, -0.05) is 49.8 Å². The summed E-state index contributed by atoms with van der Waals surface area (Å²) in [5.41, 5.74) is 9.18. The normalized spacial score (nSPS) is 25.5. The molecular formula is C38H49N3O5. The number of phenols is 1. The van der Waals surface area contributed by atoms with Crippen LogP contribution in [0.5, 0.6) is 11.5 Å². The largest absolute Gasteiger partial charge is 0.504 e. The second kappa shape index (κ2) is 16.7. The minimum absolute atomic E-state index is 0.0500. The van der Waals surface area contributed by atoms with Crippen molar-refractivity contribution in [1.82, 2.24) is 9.97 Å². The molecule has 2 aromatic heterocycles. The number of H-pyrrole nitrogens is 1. The van der Waals surface area contributed by atoms with E-state index in [1.807, 2.05) is 36.5 Å². The van der Waals surface area contributed by atoms with Gasteiger partial charge in [-0.05, 0) is 92.0 Å². The van der Waals surface area contributed by atoms with E-state index in [-0.39, 0.29) is 48.7 Å². The number of hydrogen-bond acceptors (Lipinski definition) is 7. The Bertz CT molecular complexity index is 1460. The monoisotopic (exact) mass is 627 g/mol. The molecule has 7 atom stereocenters. The van der Waals surface area contributed by atoms with Crippen LogP contribution in [0, 0.1) is 29.6 Å². The third kappa shape index (κ3) is 8.94. The Balaban J connectivity index is 1.33. The third-order valence-electron chi connectivity index (χ3n) is 9.54. The fraction of sp³-hybridized carbons (Fsp3) is 0.500. The van der Waals surface area contributed by atoms with E-state index in [2.05, 4.69) is 47.0 Å². The molecule has 0 aliphatic heterocycles. The zero-order valence-corrected chi connectivity index (χ0v) is 26.9. The highest BCUT2D eigenvalue weighted by atomic mass is 16.5. The second-order valence-corrected chi connectivity index (χ2v) is 12.7. The van der Waals surface area contributed by atoms with E-state index in [1.165, 1.54) is 0 Å². The molecule has 5 rings (SSSR count). The summed E-state index contributed by atoms with van der Waals surface area (Å²) >= 11 is 0. The van der Waals surface area contributed by atoms with E-state index >= 15 is 0 Å². The van der Waals surface area contributed by atoms with E-state index in [9.17, 15) is 15.3 Å². The van der Waals surface area contributed by atoms with Crippen molar-refractivity contribution in [2.45, 2.75) is 82.3 Å². The third-order valence-corrected chi connectivity index (χ3v) is 9.54. The van der Waals surface area contributed by atoms with Crippen LogP contribution in [0.3, 0.4) is 0 Å². The SMILES string of the molecule is CC[C@@H]1C#C[C@@H]2C=C[C@H](c3ccc(O)c(OCC[C@H](Cc4ccc[nH]4)c4ccnc(N)c4)c3)C[C@@H](O)[C@H]2[C@@H](OCCO)CCCC1. The van der Waals surface area contributed by atoms with Crippen LogP contribution in [0.1, 0.15) is 80.5 Å². The minimum Gasteiger partial charge on any atom is -0.504 e. The van der Waals surface area contributed by atoms with Gasteiger partial charge in [0.25, 0.3) is 0 Å². The van der Waals surface area contributed by atoms with Gasteiger partial charge in [0.15, 0.2) is 11.5 Å². The molecule has 2 aliphatic rings. The summed E-state index contributed by atoms with van der Waals surface area (Å²) in [6, 6.07) is 13.4. The van der Waals surface area contributed by atoms with Crippen molar-refractivity contribution < 1.29 is 24.8 Å². The number of pyridine rings is 1. The maximum absolute atomic E-state index is 11.7. The van der Waals surface area contributed by atoms with Crippen molar-refractivity contribution in [3.05, 3.63) is 83.8 Å². The number of fused-ring (bicyclic) bond motifs is 1. The predicted molar refractivity (Wildman–Crippen MR) is 180 cm³/mol. The molecule has 8 nitrogen and oxygen atoms in total. The summed E-state index contributed by atoms with van der Waals surface area (Å²) < 4.78 is 12.4. The molecule has 3 aromatic rings. The quantitative estimate of drug-likeness (QED) is 0.121. The number of allylic oxidation sites excluding steroid dienone is 2. The van der Waals surface area contributed by atoms with E-state index in [1.54, 1.807) is 12.3 Å². The van der Waals surface area contributed by atoms with Crippen LogP contribution < -0.4 is 10.5 Å². The number of rotatable bonds is 12. The zero-order chi connectivity index (χ0) is 32.3. The lowest BCUT2D eigenvalue weighted by atomic mass is 9.79. The molecular weight excluding hydrogens is 578 g/mol. The predicted octanol–water partition coefficient (Wildman–Crippen LogP) is 6.11. The number of phenolic OH excluding ortho intramolecular Hbond substituents is 1. The van der Waals surface area contributed by atoms with Crippen molar-refractivity contribution in [3.63, 3.8) is 0 Å². The first-order valence-corrected chi connectivity index (χ1v) is 16.8. The van der Waals surface area contributed by atoms with Gasteiger partial charge in [0, 0.05) is 41.8 Å². The van der Waals surface area contributed by atoms with Crippen LogP contribution in [0.25, 0.3) is 0 Å². The van der Waals surface area contributed by atoms with E-state index < -0.39 is 6.10 Å². The summed E-state index contributed by atoms with van der Waals surface area (Å²) in [5, 5.41) is 31.9. The lowest BCUT2D eigenvalue weighted by Gasteiger charge is -2.34. The van der Waals surface area contributed by atoms with Crippen molar-refractivity contribution in [2.24, 2.45) is 17.8 Å². The standard InChI is InChI=1S/C38H49N3O5/c1-2-26-6-3-4-8-35(46-21-19-42)38-27(10-9-26)11-12-28(23-34(38)44)29-13-14-33(43)36(24-29)45-20-16-31(22-32-7-5-17-40-32)30-15-18-41-37(39)25-30/h5,7,11-15,17-18,24-28,31,34-35,38,40,42-44H,2-4,6,8,16,19-23H2,1H3,(H2,39,41)/t26-,27+,28-,31+,34+,35-,38-/m0/s1. The molecule has 0 saturated heterocycles. The summed E-state index contributed by atoms with van der Waals surface area (Å²) in [7, 11) is 0. The minimum atomic E-state index is -0.651. The first-order chi connectivity index (χ1) is 22.4. The number of aromatic hydroxyl groups is 1. The number of anilines is 1. The van der Waals surface area contributed by atoms with E-state index in [4.69, 9.17) is 15.2 Å². The number of nitrogens with zero attached hydrogens (tertiary/aromatic N) is 1.